The molecule has 0 aliphatic carbocycles. The molecular weight excluding hydrogens is 276 g/mol. The number of nitrogens with zero attached hydrogens (tertiary/aromatic N) is 2. The number of carbonyl (C=O) groups excluding carboxylic acids is 2. The summed E-state index contributed by atoms with van der Waals surface area (Å²) in [5.74, 6) is -0.751. The molecule has 0 bridgehead atoms. The first-order chi connectivity index (χ1) is 9.85. The van der Waals surface area contributed by atoms with Crippen molar-refractivity contribution >= 4 is 17.6 Å². The Kier molecular flexibility index (Phi) is 5.83. The molecular formula is C14H18N2O5. The van der Waals surface area contributed by atoms with Crippen LogP contribution in [0.5, 0.6) is 0 Å². The summed E-state index contributed by atoms with van der Waals surface area (Å²) in [6.07, 6.45) is 0.0873. The van der Waals surface area contributed by atoms with Crippen molar-refractivity contribution in [2.45, 2.75) is 20.3 Å². The van der Waals surface area contributed by atoms with E-state index in [0.29, 0.717) is 12.2 Å². The minimum Gasteiger partial charge on any atom is -0.466 e. The Hall–Kier alpha value is -2.44. The minimum atomic E-state index is -0.539. The minimum absolute atomic E-state index is 0.0873. The van der Waals surface area contributed by atoms with Gasteiger partial charge in [0.25, 0.3) is 11.6 Å². The van der Waals surface area contributed by atoms with Crippen molar-refractivity contribution in [3.05, 3.63) is 39.4 Å². The van der Waals surface area contributed by atoms with E-state index in [4.69, 9.17) is 4.74 Å². The molecule has 0 saturated heterocycles. The van der Waals surface area contributed by atoms with E-state index in [9.17, 15) is 19.7 Å². The zero-order valence-corrected chi connectivity index (χ0v) is 12.3. The predicted molar refractivity (Wildman–Crippen MR) is 76.0 cm³/mol. The molecule has 1 rings (SSSR count). The monoisotopic (exact) mass is 294 g/mol. The van der Waals surface area contributed by atoms with E-state index in [1.807, 2.05) is 0 Å². The van der Waals surface area contributed by atoms with Crippen molar-refractivity contribution in [3.63, 3.8) is 0 Å². The molecule has 1 amide bonds. The lowest BCUT2D eigenvalue weighted by atomic mass is 10.1. The fourth-order valence-corrected chi connectivity index (χ4v) is 1.81. The number of rotatable bonds is 6. The quantitative estimate of drug-likeness (QED) is 0.454. The molecule has 7 heteroatoms. The molecule has 1 aromatic rings. The first kappa shape index (κ1) is 16.6. The number of hydrogen-bond acceptors (Lipinski definition) is 5. The second-order valence-corrected chi connectivity index (χ2v) is 4.60. The molecule has 0 aliphatic rings. The summed E-state index contributed by atoms with van der Waals surface area (Å²) in [5.41, 5.74) is 0.733. The van der Waals surface area contributed by atoms with Crippen molar-refractivity contribution in [1.29, 1.82) is 0 Å². The number of amides is 1. The van der Waals surface area contributed by atoms with Crippen molar-refractivity contribution in [2.75, 3.05) is 20.2 Å². The Morgan fingerprint density at radius 1 is 1.33 bits per heavy atom. The van der Waals surface area contributed by atoms with E-state index < -0.39 is 4.92 Å². The molecule has 114 valence electrons. The molecule has 21 heavy (non-hydrogen) atoms. The number of esters is 1. The van der Waals surface area contributed by atoms with Crippen LogP contribution in [-0.4, -0.2) is 41.9 Å². The average molecular weight is 294 g/mol. The van der Waals surface area contributed by atoms with E-state index in [2.05, 4.69) is 0 Å². The van der Waals surface area contributed by atoms with Gasteiger partial charge in [-0.1, -0.05) is 0 Å². The van der Waals surface area contributed by atoms with Gasteiger partial charge in [-0.15, -0.1) is 0 Å². The molecule has 0 aromatic heterocycles. The Labute approximate surface area is 122 Å². The van der Waals surface area contributed by atoms with Crippen LogP contribution in [0.1, 0.15) is 29.3 Å². The summed E-state index contributed by atoms with van der Waals surface area (Å²) in [7, 11) is 1.54. The predicted octanol–water partition coefficient (Wildman–Crippen LogP) is 1.93. The largest absolute Gasteiger partial charge is 0.466 e. The topological polar surface area (TPSA) is 89.8 Å². The lowest BCUT2D eigenvalue weighted by Crippen LogP contribution is -2.29. The van der Waals surface area contributed by atoms with Crippen LogP contribution < -0.4 is 0 Å². The van der Waals surface area contributed by atoms with Gasteiger partial charge in [-0.2, -0.15) is 0 Å². The van der Waals surface area contributed by atoms with E-state index in [0.717, 1.165) is 0 Å². The third-order valence-corrected chi connectivity index (χ3v) is 2.82. The van der Waals surface area contributed by atoms with Gasteiger partial charge < -0.3 is 9.64 Å². The molecule has 0 fully saturated rings. The average Bonchev–Trinajstić information content (AvgIpc) is 2.43. The van der Waals surface area contributed by atoms with Crippen LogP contribution in [0.4, 0.5) is 5.69 Å². The van der Waals surface area contributed by atoms with Gasteiger partial charge in [0.1, 0.15) is 0 Å². The zero-order valence-electron chi connectivity index (χ0n) is 12.3. The number of non-ortho nitro benzene ring substituents is 1. The maximum absolute atomic E-state index is 12.2. The summed E-state index contributed by atoms with van der Waals surface area (Å²) in [5, 5.41) is 10.8. The van der Waals surface area contributed by atoms with Gasteiger partial charge in [0, 0.05) is 31.3 Å². The van der Waals surface area contributed by atoms with Crippen LogP contribution in [0.3, 0.4) is 0 Å². The Bertz CT molecular complexity index is 556. The van der Waals surface area contributed by atoms with Crippen LogP contribution in [0, 0.1) is 17.0 Å². The zero-order chi connectivity index (χ0) is 16.0. The van der Waals surface area contributed by atoms with Crippen LogP contribution >= 0.6 is 0 Å². The Morgan fingerprint density at radius 2 is 2.00 bits per heavy atom. The van der Waals surface area contributed by atoms with Crippen molar-refractivity contribution in [2.24, 2.45) is 0 Å². The van der Waals surface area contributed by atoms with E-state index >= 15 is 0 Å². The third kappa shape index (κ3) is 4.87. The molecule has 0 heterocycles. The highest BCUT2D eigenvalue weighted by Gasteiger charge is 2.17. The number of benzene rings is 1. The molecule has 1 aromatic carbocycles. The highest BCUT2D eigenvalue weighted by Crippen LogP contribution is 2.18. The molecule has 0 atom stereocenters. The number of carbonyl (C=O) groups is 2. The maximum atomic E-state index is 12.2. The first-order valence-electron chi connectivity index (χ1n) is 6.52. The van der Waals surface area contributed by atoms with Crippen molar-refractivity contribution < 1.29 is 19.2 Å². The number of nitro benzene ring substituents is 1. The van der Waals surface area contributed by atoms with Crippen molar-refractivity contribution in [3.8, 4) is 0 Å². The van der Waals surface area contributed by atoms with E-state index in [-0.39, 0.29) is 36.1 Å². The Balaban J connectivity index is 2.78. The maximum Gasteiger partial charge on any atom is 0.307 e. The molecule has 0 spiro atoms. The van der Waals surface area contributed by atoms with Crippen LogP contribution in [0.25, 0.3) is 0 Å². The highest BCUT2D eigenvalue weighted by atomic mass is 16.6. The van der Waals surface area contributed by atoms with Gasteiger partial charge in [-0.25, -0.2) is 0 Å². The lowest BCUT2D eigenvalue weighted by molar-refractivity contribution is -0.384. The Morgan fingerprint density at radius 3 is 2.57 bits per heavy atom. The molecule has 0 aliphatic heterocycles. The summed E-state index contributed by atoms with van der Waals surface area (Å²) in [6, 6.07) is 4.21. The highest BCUT2D eigenvalue weighted by molar-refractivity contribution is 5.95. The van der Waals surface area contributed by atoms with Crippen LogP contribution in [-0.2, 0) is 9.53 Å². The van der Waals surface area contributed by atoms with Gasteiger partial charge in [-0.3, -0.25) is 19.7 Å². The number of nitro groups is 1. The lowest BCUT2D eigenvalue weighted by Gasteiger charge is -2.16. The van der Waals surface area contributed by atoms with E-state index in [1.54, 1.807) is 19.9 Å². The van der Waals surface area contributed by atoms with Gasteiger partial charge in [0.05, 0.1) is 18.0 Å². The SMILES string of the molecule is CCOC(=O)CCN(C)C(=O)c1cc(C)cc([N+](=O)[O-])c1. The van der Waals surface area contributed by atoms with Gasteiger partial charge in [-0.05, 0) is 25.5 Å². The number of aryl methyl sites for hydroxylation is 1. The fourth-order valence-electron chi connectivity index (χ4n) is 1.81. The fraction of sp³-hybridized carbons (Fsp3) is 0.429. The standard InChI is InChI=1S/C14H18N2O5/c1-4-21-13(17)5-6-15(3)14(18)11-7-10(2)8-12(9-11)16(19)20/h7-9H,4-6H2,1-3H3. The van der Waals surface area contributed by atoms with Gasteiger partial charge >= 0.3 is 5.97 Å². The van der Waals surface area contributed by atoms with E-state index in [1.165, 1.54) is 24.1 Å². The number of ether oxygens (including phenoxy) is 1. The van der Waals surface area contributed by atoms with Gasteiger partial charge in [0.15, 0.2) is 0 Å². The third-order valence-electron chi connectivity index (χ3n) is 2.82. The van der Waals surface area contributed by atoms with Gasteiger partial charge in [0.2, 0.25) is 0 Å². The van der Waals surface area contributed by atoms with Crippen LogP contribution in [0.2, 0.25) is 0 Å². The van der Waals surface area contributed by atoms with Crippen molar-refractivity contribution in [1.82, 2.24) is 4.90 Å². The second-order valence-electron chi connectivity index (χ2n) is 4.60. The molecule has 0 unspecified atom stereocenters. The molecule has 0 saturated carbocycles. The normalized spacial score (nSPS) is 10.0. The molecule has 0 radical (unpaired) electrons. The number of hydrogen-bond donors (Lipinski definition) is 0. The molecule has 7 nitrogen and oxygen atoms in total. The summed E-state index contributed by atoms with van der Waals surface area (Å²) in [4.78, 5) is 35.1. The van der Waals surface area contributed by atoms with Crippen LogP contribution in [0.15, 0.2) is 18.2 Å². The molecule has 0 N–H and O–H groups in total. The smallest absolute Gasteiger partial charge is 0.307 e. The summed E-state index contributed by atoms with van der Waals surface area (Å²) in [6.45, 7) is 3.88. The first-order valence-corrected chi connectivity index (χ1v) is 6.52. The second kappa shape index (κ2) is 7.37. The summed E-state index contributed by atoms with van der Waals surface area (Å²) >= 11 is 0. The summed E-state index contributed by atoms with van der Waals surface area (Å²) < 4.78 is 4.78.